The minimum Gasteiger partial charge on any atom is -0.479 e. The van der Waals surface area contributed by atoms with E-state index in [4.69, 9.17) is 26.5 Å². The van der Waals surface area contributed by atoms with E-state index in [9.17, 15) is 0 Å². The van der Waals surface area contributed by atoms with Crippen LogP contribution in [0.15, 0.2) is 34.7 Å². The zero-order valence-electron chi connectivity index (χ0n) is 11.3. The number of benzene rings is 1. The van der Waals surface area contributed by atoms with Crippen LogP contribution in [0.3, 0.4) is 0 Å². The van der Waals surface area contributed by atoms with Crippen LogP contribution in [0.5, 0.6) is 5.75 Å². The second kappa shape index (κ2) is 5.68. The third-order valence-corrected chi connectivity index (χ3v) is 3.17. The van der Waals surface area contributed by atoms with Gasteiger partial charge in [0.15, 0.2) is 6.10 Å². The number of furan rings is 1. The fourth-order valence-electron chi connectivity index (χ4n) is 1.87. The molecule has 0 aliphatic heterocycles. The van der Waals surface area contributed by atoms with Crippen LogP contribution in [0, 0.1) is 13.8 Å². The molecule has 2 aromatic rings. The van der Waals surface area contributed by atoms with E-state index in [1.54, 1.807) is 0 Å². The topological polar surface area (TPSA) is 48.4 Å². The van der Waals surface area contributed by atoms with Crippen molar-refractivity contribution in [2.45, 2.75) is 32.9 Å². The molecule has 1 heterocycles. The first-order chi connectivity index (χ1) is 8.97. The highest BCUT2D eigenvalue weighted by molar-refractivity contribution is 6.32. The highest BCUT2D eigenvalue weighted by Gasteiger charge is 2.22. The fourth-order valence-corrected chi connectivity index (χ4v) is 2.03. The fraction of sp³-hybridized carbons (Fsp3) is 0.333. The molecule has 4 heteroatoms. The minimum atomic E-state index is -0.354. The van der Waals surface area contributed by atoms with Crippen molar-refractivity contribution in [3.63, 3.8) is 0 Å². The minimum absolute atomic E-state index is 0.206. The second-order valence-electron chi connectivity index (χ2n) is 4.78. The molecule has 0 aliphatic carbocycles. The summed E-state index contributed by atoms with van der Waals surface area (Å²) in [4.78, 5) is 0. The molecule has 2 atom stereocenters. The number of aryl methyl sites for hydroxylation is 2. The van der Waals surface area contributed by atoms with E-state index < -0.39 is 0 Å². The van der Waals surface area contributed by atoms with Crippen LogP contribution in [-0.4, -0.2) is 6.04 Å². The highest BCUT2D eigenvalue weighted by Crippen LogP contribution is 2.31. The van der Waals surface area contributed by atoms with Gasteiger partial charge in [0, 0.05) is 6.04 Å². The number of nitrogens with two attached hydrogens (primary N) is 1. The molecule has 0 bridgehead atoms. The van der Waals surface area contributed by atoms with Crippen molar-refractivity contribution in [2.24, 2.45) is 5.73 Å². The summed E-state index contributed by atoms with van der Waals surface area (Å²) in [6.45, 7) is 5.76. The monoisotopic (exact) mass is 279 g/mol. The molecule has 0 saturated heterocycles. The predicted molar refractivity (Wildman–Crippen MR) is 76.7 cm³/mol. The van der Waals surface area contributed by atoms with Gasteiger partial charge in [-0.05, 0) is 50.6 Å². The summed E-state index contributed by atoms with van der Waals surface area (Å²) < 4.78 is 11.5. The van der Waals surface area contributed by atoms with Crippen molar-refractivity contribution in [3.8, 4) is 5.75 Å². The van der Waals surface area contributed by atoms with Gasteiger partial charge in [0.2, 0.25) is 0 Å². The Labute approximate surface area is 118 Å². The average Bonchev–Trinajstić information content (AvgIpc) is 2.76. The van der Waals surface area contributed by atoms with E-state index in [0.29, 0.717) is 16.5 Å². The van der Waals surface area contributed by atoms with Crippen molar-refractivity contribution in [3.05, 3.63) is 52.4 Å². The highest BCUT2D eigenvalue weighted by atomic mass is 35.5. The molecule has 2 unspecified atom stereocenters. The SMILES string of the molecule is Cc1ccc(Cl)c(OC(c2ccc(C)o2)C(C)N)c1. The summed E-state index contributed by atoms with van der Waals surface area (Å²) >= 11 is 6.14. The molecule has 2 rings (SSSR count). The van der Waals surface area contributed by atoms with Gasteiger partial charge in [0.05, 0.1) is 5.02 Å². The van der Waals surface area contributed by atoms with E-state index in [2.05, 4.69) is 0 Å². The molecular weight excluding hydrogens is 262 g/mol. The van der Waals surface area contributed by atoms with E-state index >= 15 is 0 Å². The number of halogens is 1. The Morgan fingerprint density at radius 3 is 2.53 bits per heavy atom. The van der Waals surface area contributed by atoms with Crippen LogP contribution in [0.2, 0.25) is 5.02 Å². The lowest BCUT2D eigenvalue weighted by Gasteiger charge is -2.21. The van der Waals surface area contributed by atoms with Crippen molar-refractivity contribution in [2.75, 3.05) is 0 Å². The van der Waals surface area contributed by atoms with Gasteiger partial charge in [-0.1, -0.05) is 17.7 Å². The summed E-state index contributed by atoms with van der Waals surface area (Å²) in [6.07, 6.45) is -0.354. The number of ether oxygens (including phenoxy) is 1. The molecule has 0 aliphatic rings. The third kappa shape index (κ3) is 3.31. The Hall–Kier alpha value is -1.45. The largest absolute Gasteiger partial charge is 0.479 e. The molecule has 0 amide bonds. The van der Waals surface area contributed by atoms with Crippen LogP contribution in [0.25, 0.3) is 0 Å². The Bertz CT molecular complexity index is 563. The van der Waals surface area contributed by atoms with Crippen LogP contribution in [0.1, 0.15) is 30.1 Å². The van der Waals surface area contributed by atoms with Gasteiger partial charge in [-0.15, -0.1) is 0 Å². The summed E-state index contributed by atoms with van der Waals surface area (Å²) in [5.74, 6) is 2.17. The number of hydrogen-bond acceptors (Lipinski definition) is 3. The van der Waals surface area contributed by atoms with Gasteiger partial charge < -0.3 is 14.9 Å². The molecule has 3 nitrogen and oxygen atoms in total. The normalized spacial score (nSPS) is 14.2. The molecule has 1 aromatic carbocycles. The molecule has 0 saturated carbocycles. The zero-order valence-corrected chi connectivity index (χ0v) is 12.1. The quantitative estimate of drug-likeness (QED) is 0.920. The van der Waals surface area contributed by atoms with Gasteiger partial charge in [0.1, 0.15) is 17.3 Å². The standard InChI is InChI=1S/C15H18ClNO2/c1-9-4-6-12(16)14(8-9)19-15(11(3)17)13-7-5-10(2)18-13/h4-8,11,15H,17H2,1-3H3. The van der Waals surface area contributed by atoms with Gasteiger partial charge in [-0.25, -0.2) is 0 Å². The summed E-state index contributed by atoms with van der Waals surface area (Å²) in [5.41, 5.74) is 7.07. The first-order valence-electron chi connectivity index (χ1n) is 6.22. The lowest BCUT2D eigenvalue weighted by atomic mass is 10.1. The lowest BCUT2D eigenvalue weighted by Crippen LogP contribution is -2.28. The van der Waals surface area contributed by atoms with Crippen LogP contribution in [-0.2, 0) is 0 Å². The zero-order chi connectivity index (χ0) is 14.0. The lowest BCUT2D eigenvalue weighted by molar-refractivity contribution is 0.152. The Morgan fingerprint density at radius 1 is 1.21 bits per heavy atom. The summed E-state index contributed by atoms with van der Waals surface area (Å²) in [7, 11) is 0. The van der Waals surface area contributed by atoms with Crippen molar-refractivity contribution in [1.82, 2.24) is 0 Å². The number of rotatable bonds is 4. The maximum absolute atomic E-state index is 6.14. The predicted octanol–water partition coefficient (Wildman–Crippen LogP) is 4.02. The average molecular weight is 280 g/mol. The van der Waals surface area contributed by atoms with Gasteiger partial charge >= 0.3 is 0 Å². The second-order valence-corrected chi connectivity index (χ2v) is 5.19. The summed E-state index contributed by atoms with van der Waals surface area (Å²) in [5, 5.41) is 0.569. The summed E-state index contributed by atoms with van der Waals surface area (Å²) in [6, 6.07) is 9.22. The van der Waals surface area contributed by atoms with Crippen molar-refractivity contribution < 1.29 is 9.15 Å². The Balaban J connectivity index is 2.29. The van der Waals surface area contributed by atoms with E-state index in [1.807, 2.05) is 51.1 Å². The third-order valence-electron chi connectivity index (χ3n) is 2.86. The van der Waals surface area contributed by atoms with E-state index in [0.717, 1.165) is 11.3 Å². The molecule has 2 N–H and O–H groups in total. The molecular formula is C15H18ClNO2. The molecule has 1 aromatic heterocycles. The van der Waals surface area contributed by atoms with Crippen LogP contribution < -0.4 is 10.5 Å². The smallest absolute Gasteiger partial charge is 0.171 e. The van der Waals surface area contributed by atoms with Gasteiger partial charge in [-0.2, -0.15) is 0 Å². The number of hydrogen-bond donors (Lipinski definition) is 1. The molecule has 0 spiro atoms. The maximum atomic E-state index is 6.14. The Morgan fingerprint density at radius 2 is 1.95 bits per heavy atom. The van der Waals surface area contributed by atoms with Crippen molar-refractivity contribution in [1.29, 1.82) is 0 Å². The molecule has 0 fully saturated rings. The van der Waals surface area contributed by atoms with Crippen LogP contribution >= 0.6 is 11.6 Å². The van der Waals surface area contributed by atoms with Crippen LogP contribution in [0.4, 0.5) is 0 Å². The van der Waals surface area contributed by atoms with Crippen molar-refractivity contribution >= 4 is 11.6 Å². The first kappa shape index (κ1) is 14.0. The van der Waals surface area contributed by atoms with Gasteiger partial charge in [-0.3, -0.25) is 0 Å². The van der Waals surface area contributed by atoms with E-state index in [1.165, 1.54) is 0 Å². The molecule has 102 valence electrons. The molecule has 19 heavy (non-hydrogen) atoms. The maximum Gasteiger partial charge on any atom is 0.171 e. The van der Waals surface area contributed by atoms with E-state index in [-0.39, 0.29) is 12.1 Å². The van der Waals surface area contributed by atoms with Gasteiger partial charge in [0.25, 0.3) is 0 Å². The Kier molecular flexibility index (Phi) is 4.17. The molecule has 0 radical (unpaired) electrons. The first-order valence-corrected chi connectivity index (χ1v) is 6.60.